The van der Waals surface area contributed by atoms with E-state index in [9.17, 15) is 26.4 Å². The fourth-order valence-corrected chi connectivity index (χ4v) is 5.31. The maximum atomic E-state index is 11.9. The molecule has 0 saturated heterocycles. The molecule has 342 valence electrons. The van der Waals surface area contributed by atoms with Gasteiger partial charge in [0.15, 0.2) is 20.0 Å². The second kappa shape index (κ2) is 24.6. The molecule has 0 atom stereocenters. The van der Waals surface area contributed by atoms with Gasteiger partial charge in [-0.1, -0.05) is 41.5 Å². The quantitative estimate of drug-likeness (QED) is 0.112. The van der Waals surface area contributed by atoms with Crippen molar-refractivity contribution in [2.75, 3.05) is 39.9 Å². The number of aromatic nitrogens is 8. The van der Waals surface area contributed by atoms with Crippen LogP contribution in [0.4, 0.5) is 34.6 Å². The summed E-state index contributed by atoms with van der Waals surface area (Å²) in [4.78, 5) is 23.8. The molecule has 0 fully saturated rings. The van der Waals surface area contributed by atoms with Gasteiger partial charge >= 0.3 is 46.1 Å². The maximum Gasteiger partial charge on any atom is 2.00 e. The molecule has 24 nitrogen and oxygen atoms in total. The molecule has 4 rings (SSSR count). The van der Waals surface area contributed by atoms with E-state index in [-0.39, 0.29) is 93.1 Å². The van der Waals surface area contributed by atoms with Gasteiger partial charge in [0.2, 0.25) is 0 Å². The Kier molecular flexibility index (Phi) is 23.6. The molecule has 4 aromatic heterocycles. The minimum atomic E-state index is -3.69. The molecular weight excluding hydrogens is 932 g/mol. The Bertz CT molecular complexity index is 2110. The van der Waals surface area contributed by atoms with Gasteiger partial charge in [-0.05, 0) is 51.2 Å². The van der Waals surface area contributed by atoms with Gasteiger partial charge in [0.1, 0.15) is 0 Å². The summed E-state index contributed by atoms with van der Waals surface area (Å²) in [5.74, 6) is -1.27. The fourth-order valence-electron chi connectivity index (χ4n) is 4.28. The zero-order valence-corrected chi connectivity index (χ0v) is 38.9. The summed E-state index contributed by atoms with van der Waals surface area (Å²) in [5.41, 5.74) is 0.535. The normalized spacial score (nSPS) is 11.5. The third kappa shape index (κ3) is 16.8. The van der Waals surface area contributed by atoms with Gasteiger partial charge in [-0.2, -0.15) is 0 Å². The molecular formula is C32H50Cu2N14O10S2. The molecule has 4 heterocycles. The minimum Gasteiger partial charge on any atom is -0.462 e. The molecule has 60 heavy (non-hydrogen) atoms. The first-order valence-electron chi connectivity index (χ1n) is 16.9. The number of ether oxygens (including phenoxy) is 2. The monoisotopic (exact) mass is 980 g/mol. The summed E-state index contributed by atoms with van der Waals surface area (Å²) in [6, 6.07) is 0. The number of aliphatic hydroxyl groups is 2. The van der Waals surface area contributed by atoms with Crippen molar-refractivity contribution in [3.8, 4) is 0 Å². The standard InChI is InChI=1S/2C15H22N7O4S.2CH4O.2Cu/c2*1-7-26-14(23)9-8-16-18-12(9)19-17-10-11(15(2,3)4)20-22(5)13(10)21-27(6,24)25;2*1-2;;/h2*8H,7H2,1-6H3,(H-,16,17,18,19,20,21,23);2*2H,1H3;;/q2*-1;;;2*+2/p-2. The number of azo groups is 2. The molecule has 0 aromatic carbocycles. The Hall–Kier alpha value is -4.56. The molecule has 28 heteroatoms. The van der Waals surface area contributed by atoms with E-state index in [1.54, 1.807) is 27.9 Å². The van der Waals surface area contributed by atoms with Crippen LogP contribution < -0.4 is 10.2 Å². The molecule has 0 amide bonds. The number of hydrogen-bond acceptors (Lipinski definition) is 18. The number of aryl methyl sites for hydroxylation is 2. The van der Waals surface area contributed by atoms with Gasteiger partial charge in [0.25, 0.3) is 0 Å². The van der Waals surface area contributed by atoms with Crippen LogP contribution in [0.1, 0.15) is 87.5 Å². The number of aliphatic hydroxyl groups excluding tert-OH is 2. The number of sulfonamides is 2. The molecule has 0 bridgehead atoms. The van der Waals surface area contributed by atoms with Gasteiger partial charge in [0.05, 0.1) is 47.1 Å². The third-order valence-corrected chi connectivity index (χ3v) is 7.56. The first kappa shape index (κ1) is 57.5. The summed E-state index contributed by atoms with van der Waals surface area (Å²) >= 11 is 0. The predicted molar refractivity (Wildman–Crippen MR) is 211 cm³/mol. The maximum absolute atomic E-state index is 11.9. The molecule has 0 aliphatic carbocycles. The van der Waals surface area contributed by atoms with Gasteiger partial charge in [0, 0.05) is 50.0 Å². The van der Waals surface area contributed by atoms with E-state index < -0.39 is 42.8 Å². The Balaban J connectivity index is 0. The number of esters is 2. The van der Waals surface area contributed by atoms with Crippen LogP contribution in [-0.4, -0.2) is 109 Å². The van der Waals surface area contributed by atoms with Crippen molar-refractivity contribution in [2.24, 2.45) is 34.6 Å². The van der Waals surface area contributed by atoms with E-state index in [1.807, 2.05) is 41.5 Å². The van der Waals surface area contributed by atoms with Crippen molar-refractivity contribution < 1.29 is 80.2 Å². The summed E-state index contributed by atoms with van der Waals surface area (Å²) in [5, 5.41) is 53.6. The summed E-state index contributed by atoms with van der Waals surface area (Å²) < 4.78 is 66.5. The van der Waals surface area contributed by atoms with Crippen LogP contribution in [0.15, 0.2) is 32.9 Å². The van der Waals surface area contributed by atoms with Crippen molar-refractivity contribution >= 4 is 66.6 Å². The largest absolute Gasteiger partial charge is 2.00 e. The molecule has 0 aliphatic heterocycles. The number of carbonyl (C=O) groups is 2. The smallest absolute Gasteiger partial charge is 0.462 e. The van der Waals surface area contributed by atoms with Crippen LogP contribution >= 0.6 is 0 Å². The van der Waals surface area contributed by atoms with E-state index in [1.165, 1.54) is 21.8 Å². The third-order valence-electron chi connectivity index (χ3n) is 6.55. The van der Waals surface area contributed by atoms with Crippen molar-refractivity contribution in [1.29, 1.82) is 0 Å². The SMILES string of the molecule is CCOC(=O)c1cn[n-]c1N=Nc1c(C(C)(C)C)nn(C)c1[N-]S(C)(=O)=O.CCOC(=O)c1cn[n-]c1N=Nc1c(C(C)(C)C)nn(C)c1[N-]S(C)(=O)=O.CO.CO.[Cu+2].[Cu+2]. The molecule has 2 radical (unpaired) electrons. The second-order valence-electron chi connectivity index (χ2n) is 13.4. The Morgan fingerprint density at radius 2 is 0.967 bits per heavy atom. The van der Waals surface area contributed by atoms with Crippen LogP contribution in [0.25, 0.3) is 9.44 Å². The molecule has 0 saturated carbocycles. The van der Waals surface area contributed by atoms with Crippen LogP contribution in [-0.2, 0) is 88.6 Å². The topological polar surface area (TPSA) is 329 Å². The van der Waals surface area contributed by atoms with E-state index in [4.69, 9.17) is 19.7 Å². The van der Waals surface area contributed by atoms with Crippen molar-refractivity contribution in [3.05, 3.63) is 44.4 Å². The number of carbonyl (C=O) groups excluding carboxylic acids is 2. The van der Waals surface area contributed by atoms with E-state index in [0.717, 1.165) is 26.7 Å². The van der Waals surface area contributed by atoms with E-state index in [0.29, 0.717) is 11.4 Å². The Morgan fingerprint density at radius 1 is 0.667 bits per heavy atom. The molecule has 0 unspecified atom stereocenters. The van der Waals surface area contributed by atoms with Crippen LogP contribution in [0.5, 0.6) is 0 Å². The van der Waals surface area contributed by atoms with Gasteiger partial charge in [-0.15, -0.1) is 0 Å². The predicted octanol–water partition coefficient (Wildman–Crippen LogP) is 4.47. The van der Waals surface area contributed by atoms with Crippen LogP contribution in [0.2, 0.25) is 0 Å². The van der Waals surface area contributed by atoms with Crippen LogP contribution in [0, 0.1) is 0 Å². The Labute approximate surface area is 370 Å². The average Bonchev–Trinajstić information content (AvgIpc) is 3.91. The van der Waals surface area contributed by atoms with Gasteiger partial charge in [-0.3, -0.25) is 30.6 Å². The average molecular weight is 982 g/mol. The first-order valence-corrected chi connectivity index (χ1v) is 20.6. The minimum absolute atomic E-state index is 0. The van der Waals surface area contributed by atoms with Crippen molar-refractivity contribution in [2.45, 2.75) is 66.2 Å². The summed E-state index contributed by atoms with van der Waals surface area (Å²) in [6.45, 7) is 15.1. The fraction of sp³-hybridized carbons (Fsp3) is 0.562. The zero-order valence-electron chi connectivity index (χ0n) is 35.4. The molecule has 0 aliphatic rings. The summed E-state index contributed by atoms with van der Waals surface area (Å²) in [6.07, 6.45) is 4.39. The van der Waals surface area contributed by atoms with Crippen molar-refractivity contribution in [1.82, 2.24) is 40.0 Å². The van der Waals surface area contributed by atoms with E-state index >= 15 is 0 Å². The van der Waals surface area contributed by atoms with Gasteiger partial charge < -0.3 is 58.9 Å². The molecule has 0 spiro atoms. The second-order valence-corrected chi connectivity index (χ2v) is 16.7. The number of hydrogen-bond donors (Lipinski definition) is 2. The Morgan fingerprint density at radius 3 is 1.22 bits per heavy atom. The molecule has 4 aromatic rings. The van der Waals surface area contributed by atoms with E-state index in [2.05, 4.69) is 60.5 Å². The summed E-state index contributed by atoms with van der Waals surface area (Å²) in [7, 11) is -2.27. The van der Waals surface area contributed by atoms with Gasteiger partial charge in [-0.25, -0.2) is 26.4 Å². The first-order chi connectivity index (χ1) is 26.9. The van der Waals surface area contributed by atoms with Crippen molar-refractivity contribution in [3.63, 3.8) is 0 Å². The van der Waals surface area contributed by atoms with Crippen LogP contribution in [0.3, 0.4) is 0 Å². The number of nitrogens with zero attached hydrogens (tertiary/aromatic N) is 14. The number of rotatable bonds is 12. The zero-order chi connectivity index (χ0) is 44.8. The molecule has 2 N–H and O–H groups in total.